The lowest BCUT2D eigenvalue weighted by Crippen LogP contribution is -2.67. The fourth-order valence-electron chi connectivity index (χ4n) is 2.68. The molecule has 0 amide bonds. The molecule has 0 aromatic carbocycles. The minimum absolute atomic E-state index is 0.0323. The van der Waals surface area contributed by atoms with Gasteiger partial charge in [-0.15, -0.1) is 0 Å². The molecule has 17 heavy (non-hydrogen) atoms. The lowest BCUT2D eigenvalue weighted by atomic mass is 9.69. The highest BCUT2D eigenvalue weighted by Crippen LogP contribution is 2.51. The fourth-order valence-corrected chi connectivity index (χ4v) is 3.47. The lowest BCUT2D eigenvalue weighted by Gasteiger charge is -2.52. The van der Waals surface area contributed by atoms with E-state index in [2.05, 4.69) is 15.9 Å². The number of ether oxygens (including phenoxy) is 1. The van der Waals surface area contributed by atoms with E-state index in [1.807, 2.05) is 13.8 Å². The van der Waals surface area contributed by atoms with Crippen molar-refractivity contribution in [3.05, 3.63) is 11.6 Å². The molecule has 2 unspecified atom stereocenters. The monoisotopic (exact) mass is 300 g/mol. The zero-order valence-electron chi connectivity index (χ0n) is 10.6. The third-order valence-corrected chi connectivity index (χ3v) is 5.36. The summed E-state index contributed by atoms with van der Waals surface area (Å²) in [4.78, 5) is 24.5. The van der Waals surface area contributed by atoms with Gasteiger partial charge in [0.2, 0.25) is 0 Å². The Morgan fingerprint density at radius 1 is 1.24 bits per heavy atom. The van der Waals surface area contributed by atoms with E-state index in [4.69, 9.17) is 4.74 Å². The van der Waals surface area contributed by atoms with E-state index in [-0.39, 0.29) is 17.2 Å². The molecule has 0 saturated carbocycles. The van der Waals surface area contributed by atoms with Gasteiger partial charge in [-0.2, -0.15) is 0 Å². The molecular weight excluding hydrogens is 284 g/mol. The molecule has 0 bridgehead atoms. The highest BCUT2D eigenvalue weighted by molar-refractivity contribution is 9.10. The number of hydrogen-bond acceptors (Lipinski definition) is 3. The van der Waals surface area contributed by atoms with Crippen molar-refractivity contribution in [1.29, 1.82) is 0 Å². The van der Waals surface area contributed by atoms with Crippen LogP contribution in [0, 0.1) is 0 Å². The maximum Gasteiger partial charge on any atom is 0.189 e. The second-order valence-corrected chi connectivity index (χ2v) is 7.07. The van der Waals surface area contributed by atoms with Crippen LogP contribution >= 0.6 is 15.9 Å². The maximum absolute atomic E-state index is 12.3. The molecule has 2 rings (SSSR count). The molecule has 1 heterocycles. The minimum Gasteiger partial charge on any atom is -0.359 e. The first-order valence-electron chi connectivity index (χ1n) is 5.79. The van der Waals surface area contributed by atoms with Gasteiger partial charge in [0.25, 0.3) is 0 Å². The molecular formula is C13H17BrO3. The largest absolute Gasteiger partial charge is 0.359 e. The highest BCUT2D eigenvalue weighted by Gasteiger charge is 2.63. The van der Waals surface area contributed by atoms with Crippen molar-refractivity contribution in [2.24, 2.45) is 0 Å². The molecule has 0 spiro atoms. The van der Waals surface area contributed by atoms with E-state index < -0.39 is 9.93 Å². The Kier molecular flexibility index (Phi) is 2.68. The molecule has 0 aromatic heterocycles. The van der Waals surface area contributed by atoms with Crippen LogP contribution in [-0.2, 0) is 14.3 Å². The Morgan fingerprint density at radius 2 is 1.82 bits per heavy atom. The van der Waals surface area contributed by atoms with Crippen molar-refractivity contribution in [1.82, 2.24) is 0 Å². The van der Waals surface area contributed by atoms with Crippen molar-refractivity contribution in [3.8, 4) is 0 Å². The molecule has 0 aromatic rings. The zero-order chi connectivity index (χ0) is 13.1. The first-order valence-corrected chi connectivity index (χ1v) is 6.58. The predicted octanol–water partition coefficient (Wildman–Crippen LogP) is 2.57. The van der Waals surface area contributed by atoms with Crippen LogP contribution in [0.3, 0.4) is 0 Å². The van der Waals surface area contributed by atoms with Crippen LogP contribution in [0.4, 0.5) is 0 Å². The number of fused-ring (bicyclic) bond motifs is 1. The van der Waals surface area contributed by atoms with E-state index in [9.17, 15) is 9.59 Å². The van der Waals surface area contributed by atoms with E-state index in [1.54, 1.807) is 13.8 Å². The van der Waals surface area contributed by atoms with Gasteiger partial charge in [0.1, 0.15) is 4.32 Å². The zero-order valence-corrected chi connectivity index (χ0v) is 12.2. The van der Waals surface area contributed by atoms with Gasteiger partial charge >= 0.3 is 0 Å². The van der Waals surface area contributed by atoms with Crippen molar-refractivity contribution in [2.75, 3.05) is 0 Å². The average Bonchev–Trinajstić information content (AvgIpc) is 2.20. The van der Waals surface area contributed by atoms with Crippen LogP contribution in [0.1, 0.15) is 40.5 Å². The standard InChI is InChI=1S/C13H17BrO3/c1-8-7-9(15)12(4)13(14,10(8)16)6-5-11(2,3)17-12/h7H,5-6H2,1-4H3. The van der Waals surface area contributed by atoms with Gasteiger partial charge in [-0.3, -0.25) is 9.59 Å². The van der Waals surface area contributed by atoms with E-state index >= 15 is 0 Å². The fraction of sp³-hybridized carbons (Fsp3) is 0.692. The number of carbonyl (C=O) groups excluding carboxylic acids is 2. The van der Waals surface area contributed by atoms with E-state index in [1.165, 1.54) is 6.08 Å². The van der Waals surface area contributed by atoms with Crippen LogP contribution in [0.25, 0.3) is 0 Å². The first-order chi connectivity index (χ1) is 7.62. The number of Topliss-reactive ketones (excluding diaryl/α,β-unsaturated/α-hetero) is 1. The van der Waals surface area contributed by atoms with Gasteiger partial charge in [0, 0.05) is 0 Å². The van der Waals surface area contributed by atoms with Crippen LogP contribution < -0.4 is 0 Å². The molecule has 1 saturated heterocycles. The van der Waals surface area contributed by atoms with Crippen LogP contribution in [0.15, 0.2) is 11.6 Å². The number of alkyl halides is 1. The molecule has 2 atom stereocenters. The maximum atomic E-state index is 12.3. The Bertz CT molecular complexity index is 438. The Morgan fingerprint density at radius 3 is 2.41 bits per heavy atom. The SMILES string of the molecule is CC1=CC(=O)C2(C)OC(C)(C)CCC2(Br)C1=O. The molecule has 1 aliphatic heterocycles. The van der Waals surface area contributed by atoms with Crippen LogP contribution in [0.5, 0.6) is 0 Å². The number of hydrogen-bond donors (Lipinski definition) is 0. The number of allylic oxidation sites excluding steroid dienone is 1. The summed E-state index contributed by atoms with van der Waals surface area (Å²) in [5, 5.41) is 0. The summed E-state index contributed by atoms with van der Waals surface area (Å²) in [7, 11) is 0. The second kappa shape index (κ2) is 3.51. The quantitative estimate of drug-likeness (QED) is 0.646. The third kappa shape index (κ3) is 1.65. The molecule has 0 N–H and O–H groups in total. The van der Waals surface area contributed by atoms with Crippen LogP contribution in [0.2, 0.25) is 0 Å². The van der Waals surface area contributed by atoms with Gasteiger partial charge < -0.3 is 4.74 Å². The summed E-state index contributed by atoms with van der Waals surface area (Å²) < 4.78 is 5.04. The molecule has 94 valence electrons. The Labute approximate surface area is 110 Å². The number of rotatable bonds is 0. The number of halogens is 1. The predicted molar refractivity (Wildman–Crippen MR) is 68.2 cm³/mol. The van der Waals surface area contributed by atoms with Gasteiger partial charge in [-0.1, -0.05) is 15.9 Å². The highest BCUT2D eigenvalue weighted by atomic mass is 79.9. The molecule has 2 aliphatic rings. The van der Waals surface area contributed by atoms with Gasteiger partial charge in [0.05, 0.1) is 5.60 Å². The lowest BCUT2D eigenvalue weighted by molar-refractivity contribution is -0.189. The minimum atomic E-state index is -1.09. The summed E-state index contributed by atoms with van der Waals surface area (Å²) in [6, 6.07) is 0. The van der Waals surface area contributed by atoms with Crippen molar-refractivity contribution in [2.45, 2.75) is 56.1 Å². The van der Waals surface area contributed by atoms with E-state index in [0.29, 0.717) is 12.0 Å². The average molecular weight is 301 g/mol. The van der Waals surface area contributed by atoms with E-state index in [0.717, 1.165) is 6.42 Å². The Hall–Kier alpha value is -0.480. The topological polar surface area (TPSA) is 43.4 Å². The van der Waals surface area contributed by atoms with Crippen molar-refractivity contribution >= 4 is 27.5 Å². The number of carbonyl (C=O) groups is 2. The molecule has 1 aliphatic carbocycles. The Balaban J connectivity index is 2.56. The van der Waals surface area contributed by atoms with Gasteiger partial charge in [0.15, 0.2) is 17.2 Å². The molecule has 1 fully saturated rings. The van der Waals surface area contributed by atoms with Crippen molar-refractivity contribution in [3.63, 3.8) is 0 Å². The van der Waals surface area contributed by atoms with Crippen LogP contribution in [-0.4, -0.2) is 27.1 Å². The summed E-state index contributed by atoms with van der Waals surface area (Å²) in [6.07, 6.45) is 2.77. The third-order valence-electron chi connectivity index (χ3n) is 3.84. The second-order valence-electron chi connectivity index (χ2n) is 5.72. The summed E-state index contributed by atoms with van der Waals surface area (Å²) in [5.74, 6) is -0.158. The molecule has 3 nitrogen and oxygen atoms in total. The smallest absolute Gasteiger partial charge is 0.189 e. The summed E-state index contributed by atoms with van der Waals surface area (Å²) in [5.41, 5.74) is -0.959. The van der Waals surface area contributed by atoms with Gasteiger partial charge in [-0.25, -0.2) is 0 Å². The summed E-state index contributed by atoms with van der Waals surface area (Å²) >= 11 is 3.49. The summed E-state index contributed by atoms with van der Waals surface area (Å²) in [6.45, 7) is 7.30. The molecule has 0 radical (unpaired) electrons. The normalized spacial score (nSPS) is 40.9. The first kappa shape index (κ1) is 13.0. The van der Waals surface area contributed by atoms with Crippen molar-refractivity contribution < 1.29 is 14.3 Å². The number of ketones is 2. The molecule has 4 heteroatoms. The van der Waals surface area contributed by atoms with Gasteiger partial charge in [-0.05, 0) is 52.2 Å².